The van der Waals surface area contributed by atoms with Crippen LogP contribution in [0.15, 0.2) is 18.2 Å². The van der Waals surface area contributed by atoms with Crippen molar-refractivity contribution < 1.29 is 32.0 Å². The highest BCUT2D eigenvalue weighted by Gasteiger charge is 2.37. The van der Waals surface area contributed by atoms with E-state index in [4.69, 9.17) is 8.92 Å². The molecule has 1 aromatic rings. The number of nitro benzene ring substituents is 2. The van der Waals surface area contributed by atoms with Crippen molar-refractivity contribution in [3.8, 4) is 5.75 Å². The van der Waals surface area contributed by atoms with E-state index in [9.17, 15) is 33.4 Å². The van der Waals surface area contributed by atoms with Crippen molar-refractivity contribution in [3.05, 3.63) is 38.4 Å². The average molecular weight is 571 g/mol. The van der Waals surface area contributed by atoms with Crippen LogP contribution in [0.2, 0.25) is 0 Å². The molecule has 1 saturated heterocycles. The number of carbonyl (C=O) groups is 1. The molecule has 2 fully saturated rings. The molecule has 3 rings (SSSR count). The summed E-state index contributed by atoms with van der Waals surface area (Å²) in [6.07, 6.45) is 7.47. The Morgan fingerprint density at radius 1 is 1.05 bits per heavy atom. The van der Waals surface area contributed by atoms with Gasteiger partial charge >= 0.3 is 22.1 Å². The zero-order valence-corrected chi connectivity index (χ0v) is 23.6. The van der Waals surface area contributed by atoms with Crippen LogP contribution < -0.4 is 4.18 Å². The van der Waals surface area contributed by atoms with Gasteiger partial charge in [0.1, 0.15) is 5.60 Å². The quantitative estimate of drug-likeness (QED) is 0.272. The van der Waals surface area contributed by atoms with Crippen molar-refractivity contribution >= 4 is 27.8 Å². The van der Waals surface area contributed by atoms with Gasteiger partial charge in [-0.05, 0) is 58.4 Å². The van der Waals surface area contributed by atoms with E-state index >= 15 is 0 Å². The maximum absolute atomic E-state index is 13.5. The van der Waals surface area contributed by atoms with Crippen molar-refractivity contribution in [2.75, 3.05) is 19.6 Å². The molecule has 0 bridgehead atoms. The van der Waals surface area contributed by atoms with E-state index in [1.165, 1.54) is 28.5 Å². The topological polar surface area (TPSA) is 162 Å². The molecule has 1 heterocycles. The second kappa shape index (κ2) is 12.9. The fraction of sp³-hybridized carbons (Fsp3) is 0.720. The summed E-state index contributed by atoms with van der Waals surface area (Å²) >= 11 is 0. The SMILES string of the molecule is CC(C)(C)OC(=O)N1CCC(N(CCCC2CCCCC2)S(=O)(=O)Oc2ccc([N+](=O)[O-])cc2[N+](=O)[O-])CC1. The molecule has 14 heteroatoms. The van der Waals surface area contributed by atoms with Crippen LogP contribution in [0.3, 0.4) is 0 Å². The molecule has 218 valence electrons. The van der Waals surface area contributed by atoms with Gasteiger partial charge in [-0.2, -0.15) is 12.7 Å². The molecule has 0 atom stereocenters. The number of nitrogens with zero attached hydrogens (tertiary/aromatic N) is 4. The zero-order chi connectivity index (χ0) is 28.8. The Bertz CT molecular complexity index is 1140. The normalized spacial score (nSPS) is 17.7. The third kappa shape index (κ3) is 8.75. The van der Waals surface area contributed by atoms with Gasteiger partial charge in [-0.1, -0.05) is 32.1 Å². The van der Waals surface area contributed by atoms with Gasteiger partial charge in [0.2, 0.25) is 5.75 Å². The molecule has 1 aliphatic heterocycles. The fourth-order valence-corrected chi connectivity index (χ4v) is 6.54. The van der Waals surface area contributed by atoms with Crippen LogP contribution in [-0.4, -0.2) is 64.8 Å². The van der Waals surface area contributed by atoms with Gasteiger partial charge < -0.3 is 13.8 Å². The van der Waals surface area contributed by atoms with Gasteiger partial charge in [0.15, 0.2) is 0 Å². The van der Waals surface area contributed by atoms with Crippen molar-refractivity contribution in [1.82, 2.24) is 9.21 Å². The lowest BCUT2D eigenvalue weighted by molar-refractivity contribution is -0.394. The lowest BCUT2D eigenvalue weighted by Crippen LogP contribution is -2.50. The number of rotatable bonds is 10. The van der Waals surface area contributed by atoms with Crippen LogP contribution in [0, 0.1) is 26.1 Å². The Hall–Kier alpha value is -3.00. The van der Waals surface area contributed by atoms with E-state index in [2.05, 4.69) is 0 Å². The van der Waals surface area contributed by atoms with Crippen LogP contribution in [0.5, 0.6) is 5.75 Å². The smallest absolute Gasteiger partial charge is 0.410 e. The van der Waals surface area contributed by atoms with Crippen molar-refractivity contribution in [2.24, 2.45) is 5.92 Å². The Morgan fingerprint density at radius 2 is 1.69 bits per heavy atom. The molecule has 1 saturated carbocycles. The predicted molar refractivity (Wildman–Crippen MR) is 143 cm³/mol. The standard InChI is InChI=1S/C25H38N4O9S/c1-25(2,3)37-24(30)26-16-13-20(14-17-26)27(15-7-10-19-8-5-4-6-9-19)39(35,36)38-23-12-11-21(28(31)32)18-22(23)29(33)34/h11-12,18-20H,4-10,13-17H2,1-3H3. The first kappa shape index (κ1) is 30.5. The lowest BCUT2D eigenvalue weighted by atomic mass is 9.86. The summed E-state index contributed by atoms with van der Waals surface area (Å²) in [6, 6.07) is 2.08. The molecule has 2 aliphatic rings. The molecule has 1 aromatic carbocycles. The fourth-order valence-electron chi connectivity index (χ4n) is 5.15. The highest BCUT2D eigenvalue weighted by molar-refractivity contribution is 7.84. The van der Waals surface area contributed by atoms with Gasteiger partial charge in [-0.3, -0.25) is 20.2 Å². The molecule has 1 amide bonds. The number of hydrogen-bond acceptors (Lipinski definition) is 9. The monoisotopic (exact) mass is 570 g/mol. The minimum absolute atomic E-state index is 0.163. The Labute approximate surface area is 229 Å². The van der Waals surface area contributed by atoms with Gasteiger partial charge in [-0.25, -0.2) is 4.79 Å². The molecule has 39 heavy (non-hydrogen) atoms. The average Bonchev–Trinajstić information content (AvgIpc) is 2.86. The van der Waals surface area contributed by atoms with E-state index in [0.717, 1.165) is 31.4 Å². The summed E-state index contributed by atoms with van der Waals surface area (Å²) in [4.78, 5) is 34.9. The number of hydrogen-bond donors (Lipinski definition) is 0. The number of carbonyl (C=O) groups excluding carboxylic acids is 1. The highest BCUT2D eigenvalue weighted by Crippen LogP contribution is 2.34. The highest BCUT2D eigenvalue weighted by atomic mass is 32.2. The van der Waals surface area contributed by atoms with Gasteiger partial charge in [0.25, 0.3) is 5.69 Å². The minimum atomic E-state index is -4.51. The number of amides is 1. The van der Waals surface area contributed by atoms with Crippen LogP contribution in [0.4, 0.5) is 16.2 Å². The molecule has 13 nitrogen and oxygen atoms in total. The van der Waals surface area contributed by atoms with E-state index in [1.807, 2.05) is 0 Å². The number of ether oxygens (including phenoxy) is 1. The van der Waals surface area contributed by atoms with E-state index in [1.54, 1.807) is 20.8 Å². The number of nitro groups is 2. The summed E-state index contributed by atoms with van der Waals surface area (Å²) in [5.41, 5.74) is -2.02. The van der Waals surface area contributed by atoms with Crippen molar-refractivity contribution in [1.29, 1.82) is 0 Å². The second-order valence-corrected chi connectivity index (χ2v) is 12.7. The molecular weight excluding hydrogens is 532 g/mol. The maximum Gasteiger partial charge on any atom is 0.410 e. The van der Waals surface area contributed by atoms with E-state index in [-0.39, 0.29) is 19.6 Å². The Morgan fingerprint density at radius 3 is 2.26 bits per heavy atom. The van der Waals surface area contributed by atoms with Gasteiger partial charge in [-0.15, -0.1) is 0 Å². The number of likely N-dealkylation sites (tertiary alicyclic amines) is 1. The molecule has 0 radical (unpaired) electrons. The summed E-state index contributed by atoms with van der Waals surface area (Å²) < 4.78 is 39.0. The van der Waals surface area contributed by atoms with Crippen molar-refractivity contribution in [2.45, 2.75) is 90.2 Å². The Balaban J connectivity index is 1.78. The van der Waals surface area contributed by atoms with Gasteiger partial charge in [0, 0.05) is 31.7 Å². The van der Waals surface area contributed by atoms with E-state index < -0.39 is 55.0 Å². The molecule has 1 aliphatic carbocycles. The zero-order valence-electron chi connectivity index (χ0n) is 22.7. The molecular formula is C25H38N4O9S. The van der Waals surface area contributed by atoms with Gasteiger partial charge in [0.05, 0.1) is 15.9 Å². The minimum Gasteiger partial charge on any atom is -0.444 e. The number of piperidine rings is 1. The van der Waals surface area contributed by atoms with Crippen LogP contribution in [0.25, 0.3) is 0 Å². The first-order chi connectivity index (χ1) is 18.3. The second-order valence-electron chi connectivity index (χ2n) is 11.2. The van der Waals surface area contributed by atoms with Crippen molar-refractivity contribution in [3.63, 3.8) is 0 Å². The molecule has 0 unspecified atom stereocenters. The first-order valence-corrected chi connectivity index (χ1v) is 14.8. The third-order valence-corrected chi connectivity index (χ3v) is 8.52. The maximum atomic E-state index is 13.5. The summed E-state index contributed by atoms with van der Waals surface area (Å²) in [5.74, 6) is -0.0527. The Kier molecular flexibility index (Phi) is 10.1. The van der Waals surface area contributed by atoms with Crippen LogP contribution in [-0.2, 0) is 15.0 Å². The third-order valence-electron chi connectivity index (χ3n) is 7.07. The lowest BCUT2D eigenvalue weighted by Gasteiger charge is -2.37. The van der Waals surface area contributed by atoms with Crippen LogP contribution in [0.1, 0.15) is 78.6 Å². The number of non-ortho nitro benzene ring substituents is 1. The molecule has 0 aromatic heterocycles. The van der Waals surface area contributed by atoms with Crippen LogP contribution >= 0.6 is 0 Å². The van der Waals surface area contributed by atoms with E-state index in [0.29, 0.717) is 31.2 Å². The predicted octanol–water partition coefficient (Wildman–Crippen LogP) is 5.19. The summed E-state index contributed by atoms with van der Waals surface area (Å²) in [5, 5.41) is 22.6. The number of benzene rings is 1. The first-order valence-electron chi connectivity index (χ1n) is 13.4. The summed E-state index contributed by atoms with van der Waals surface area (Å²) in [7, 11) is -4.51. The molecule has 0 spiro atoms. The summed E-state index contributed by atoms with van der Waals surface area (Å²) in [6.45, 7) is 6.04. The largest absolute Gasteiger partial charge is 0.444 e. The molecule has 0 N–H and O–H groups in total.